The molecule has 106 valence electrons. The number of nitrogens with one attached hydrogen (secondary N) is 2. The Bertz CT molecular complexity index is 421. The van der Waals surface area contributed by atoms with Crippen LogP contribution < -0.4 is 16.6 Å². The molecule has 0 unspecified atom stereocenters. The van der Waals surface area contributed by atoms with E-state index in [2.05, 4.69) is 20.6 Å². The van der Waals surface area contributed by atoms with Crippen molar-refractivity contribution < 1.29 is 8.78 Å². The van der Waals surface area contributed by atoms with Crippen LogP contribution in [-0.4, -0.2) is 36.1 Å². The molecule has 1 aliphatic heterocycles. The quantitative estimate of drug-likeness (QED) is 0.560. The summed E-state index contributed by atoms with van der Waals surface area (Å²) in [7, 11) is 0. The van der Waals surface area contributed by atoms with Gasteiger partial charge in [0.2, 0.25) is 0 Å². The molecule has 0 radical (unpaired) electrons. The highest BCUT2D eigenvalue weighted by molar-refractivity contribution is 5.46. The number of hydrazine groups is 1. The number of hydrogen-bond donors (Lipinski definition) is 3. The number of aromatic nitrogens is 1. The van der Waals surface area contributed by atoms with Crippen molar-refractivity contribution in [3.05, 3.63) is 17.7 Å². The number of hydrogen-bond acceptors (Lipinski definition) is 5. The Morgan fingerprint density at radius 2 is 1.84 bits per heavy atom. The zero-order valence-corrected chi connectivity index (χ0v) is 10.8. The van der Waals surface area contributed by atoms with E-state index in [0.717, 1.165) is 25.7 Å². The summed E-state index contributed by atoms with van der Waals surface area (Å²) in [6.45, 7) is 3.55. The van der Waals surface area contributed by atoms with E-state index in [1.807, 2.05) is 0 Å². The summed E-state index contributed by atoms with van der Waals surface area (Å²) in [6, 6.07) is 0.769. The van der Waals surface area contributed by atoms with Gasteiger partial charge in [0, 0.05) is 19.2 Å². The molecule has 1 aromatic rings. The molecule has 1 aromatic heterocycles. The molecule has 1 saturated heterocycles. The Labute approximate surface area is 111 Å². The van der Waals surface area contributed by atoms with Crippen molar-refractivity contribution in [2.45, 2.75) is 19.3 Å². The molecule has 0 aliphatic carbocycles. The Hall–Kier alpha value is -1.47. The summed E-state index contributed by atoms with van der Waals surface area (Å²) in [5, 5.41) is 2.87. The monoisotopic (exact) mass is 271 g/mol. The number of nitrogen functional groups attached to an aromatic ring is 1. The van der Waals surface area contributed by atoms with Crippen molar-refractivity contribution in [2.75, 3.05) is 36.9 Å². The van der Waals surface area contributed by atoms with Crippen LogP contribution >= 0.6 is 0 Å². The smallest absolute Gasteiger partial charge is 0.178 e. The number of anilines is 2. The molecule has 0 spiro atoms. The normalized spacial score (nSPS) is 16.4. The van der Waals surface area contributed by atoms with Crippen LogP contribution in [0.5, 0.6) is 0 Å². The molecular weight excluding hydrogens is 252 g/mol. The van der Waals surface area contributed by atoms with Crippen molar-refractivity contribution in [3.63, 3.8) is 0 Å². The van der Waals surface area contributed by atoms with E-state index in [1.54, 1.807) is 0 Å². The summed E-state index contributed by atoms with van der Waals surface area (Å²) in [4.78, 5) is 6.08. The Balaban J connectivity index is 1.88. The molecule has 0 saturated carbocycles. The summed E-state index contributed by atoms with van der Waals surface area (Å²) in [5.74, 6) is 3.44. The lowest BCUT2D eigenvalue weighted by Crippen LogP contribution is -2.34. The number of likely N-dealkylation sites (tertiary alicyclic amines) is 1. The maximum Gasteiger partial charge on any atom is 0.178 e. The predicted octanol–water partition coefficient (Wildman–Crippen LogP) is 1.54. The van der Waals surface area contributed by atoms with E-state index in [0.29, 0.717) is 6.54 Å². The third-order valence-corrected chi connectivity index (χ3v) is 3.24. The maximum absolute atomic E-state index is 13.5. The highest BCUT2D eigenvalue weighted by Gasteiger charge is 2.12. The zero-order chi connectivity index (χ0) is 13.7. The lowest BCUT2D eigenvalue weighted by molar-refractivity contribution is 0.237. The number of piperidine rings is 1. The van der Waals surface area contributed by atoms with E-state index >= 15 is 0 Å². The van der Waals surface area contributed by atoms with Gasteiger partial charge in [-0.3, -0.25) is 0 Å². The first kappa shape index (κ1) is 14.0. The molecule has 1 fully saturated rings. The largest absolute Gasteiger partial charge is 0.366 e. The van der Waals surface area contributed by atoms with Gasteiger partial charge in [0.1, 0.15) is 0 Å². The Kier molecular flexibility index (Phi) is 4.86. The number of rotatable bonds is 5. The fraction of sp³-hybridized carbons (Fsp3) is 0.583. The predicted molar refractivity (Wildman–Crippen MR) is 70.7 cm³/mol. The van der Waals surface area contributed by atoms with Crippen LogP contribution in [0.1, 0.15) is 19.3 Å². The maximum atomic E-state index is 13.5. The highest BCUT2D eigenvalue weighted by Crippen LogP contribution is 2.18. The minimum Gasteiger partial charge on any atom is -0.366 e. The molecule has 7 heteroatoms. The van der Waals surface area contributed by atoms with Crippen molar-refractivity contribution >= 4 is 11.6 Å². The Morgan fingerprint density at radius 3 is 2.53 bits per heavy atom. The van der Waals surface area contributed by atoms with E-state index in [-0.39, 0.29) is 11.6 Å². The number of pyridine rings is 1. The molecule has 19 heavy (non-hydrogen) atoms. The molecule has 1 aliphatic rings. The van der Waals surface area contributed by atoms with Gasteiger partial charge in [-0.05, 0) is 25.9 Å². The molecule has 5 nitrogen and oxygen atoms in total. The standard InChI is InChI=1S/C12H19F2N5/c13-9-8-10(14)12(18-15)17-11(9)16-4-7-19-5-2-1-3-6-19/h8H,1-7,15H2,(H2,16,17,18). The molecule has 4 N–H and O–H groups in total. The fourth-order valence-electron chi connectivity index (χ4n) is 2.21. The van der Waals surface area contributed by atoms with Crippen LogP contribution in [0.2, 0.25) is 0 Å². The first-order valence-corrected chi connectivity index (χ1v) is 6.49. The fourth-order valence-corrected chi connectivity index (χ4v) is 2.21. The van der Waals surface area contributed by atoms with E-state index in [4.69, 9.17) is 5.84 Å². The average Bonchev–Trinajstić information content (AvgIpc) is 2.42. The van der Waals surface area contributed by atoms with Crippen molar-refractivity contribution in [1.82, 2.24) is 9.88 Å². The molecule has 0 bridgehead atoms. The van der Waals surface area contributed by atoms with Gasteiger partial charge in [-0.2, -0.15) is 0 Å². The summed E-state index contributed by atoms with van der Waals surface area (Å²) in [6.07, 6.45) is 3.71. The second-order valence-corrected chi connectivity index (χ2v) is 4.62. The average molecular weight is 271 g/mol. The van der Waals surface area contributed by atoms with Crippen LogP contribution in [0.3, 0.4) is 0 Å². The van der Waals surface area contributed by atoms with Crippen molar-refractivity contribution in [2.24, 2.45) is 5.84 Å². The van der Waals surface area contributed by atoms with E-state index in [1.165, 1.54) is 19.3 Å². The molecular formula is C12H19F2N5. The third kappa shape index (κ3) is 3.74. The third-order valence-electron chi connectivity index (χ3n) is 3.24. The first-order chi connectivity index (χ1) is 9.20. The summed E-state index contributed by atoms with van der Waals surface area (Å²) < 4.78 is 26.6. The van der Waals surface area contributed by atoms with Crippen molar-refractivity contribution in [1.29, 1.82) is 0 Å². The molecule has 2 rings (SSSR count). The lowest BCUT2D eigenvalue weighted by Gasteiger charge is -2.26. The lowest BCUT2D eigenvalue weighted by atomic mass is 10.1. The molecule has 0 amide bonds. The minimum absolute atomic E-state index is 0.0198. The number of halogens is 2. The minimum atomic E-state index is -0.804. The SMILES string of the molecule is NNc1nc(NCCN2CCCCC2)c(F)cc1F. The topological polar surface area (TPSA) is 66.2 Å². The number of nitrogens with zero attached hydrogens (tertiary/aromatic N) is 2. The van der Waals surface area contributed by atoms with Crippen LogP contribution in [0, 0.1) is 11.6 Å². The zero-order valence-electron chi connectivity index (χ0n) is 10.8. The summed E-state index contributed by atoms with van der Waals surface area (Å²) >= 11 is 0. The molecule has 2 heterocycles. The van der Waals surface area contributed by atoms with Gasteiger partial charge >= 0.3 is 0 Å². The second-order valence-electron chi connectivity index (χ2n) is 4.62. The van der Waals surface area contributed by atoms with Crippen molar-refractivity contribution in [3.8, 4) is 0 Å². The van der Waals surface area contributed by atoms with E-state index < -0.39 is 11.6 Å². The van der Waals surface area contributed by atoms with Gasteiger partial charge in [-0.15, -0.1) is 0 Å². The second kappa shape index (κ2) is 6.63. The molecule has 0 atom stereocenters. The van der Waals surface area contributed by atoms with E-state index in [9.17, 15) is 8.78 Å². The van der Waals surface area contributed by atoms with Crippen LogP contribution in [0.15, 0.2) is 6.07 Å². The highest BCUT2D eigenvalue weighted by atomic mass is 19.1. The number of nitrogens with two attached hydrogens (primary N) is 1. The Morgan fingerprint density at radius 1 is 1.16 bits per heavy atom. The summed E-state index contributed by atoms with van der Waals surface area (Å²) in [5.41, 5.74) is 2.10. The van der Waals surface area contributed by atoms with Gasteiger partial charge in [-0.1, -0.05) is 6.42 Å². The van der Waals surface area contributed by atoms with Crippen LogP contribution in [-0.2, 0) is 0 Å². The van der Waals surface area contributed by atoms with Gasteiger partial charge in [-0.25, -0.2) is 19.6 Å². The van der Waals surface area contributed by atoms with Gasteiger partial charge in [0.25, 0.3) is 0 Å². The first-order valence-electron chi connectivity index (χ1n) is 6.49. The van der Waals surface area contributed by atoms with Crippen LogP contribution in [0.25, 0.3) is 0 Å². The van der Waals surface area contributed by atoms with Gasteiger partial charge in [0.05, 0.1) is 0 Å². The van der Waals surface area contributed by atoms with Crippen LogP contribution in [0.4, 0.5) is 20.4 Å². The molecule has 0 aromatic carbocycles. The van der Waals surface area contributed by atoms with Gasteiger partial charge < -0.3 is 15.6 Å². The van der Waals surface area contributed by atoms with Gasteiger partial charge in [0.15, 0.2) is 23.3 Å².